The van der Waals surface area contributed by atoms with Crippen LogP contribution < -0.4 is 11.2 Å². The van der Waals surface area contributed by atoms with Gasteiger partial charge in [-0.15, -0.1) is 11.3 Å². The van der Waals surface area contributed by atoms with Crippen molar-refractivity contribution < 1.29 is 4.79 Å². The summed E-state index contributed by atoms with van der Waals surface area (Å²) in [5.74, 6) is -0.306. The van der Waals surface area contributed by atoms with Crippen LogP contribution in [0.25, 0.3) is 10.6 Å². The first kappa shape index (κ1) is 16.2. The van der Waals surface area contributed by atoms with Crippen LogP contribution in [0.15, 0.2) is 59.0 Å². The van der Waals surface area contributed by atoms with Gasteiger partial charge >= 0.3 is 0 Å². The number of nitrogens with one attached hydrogen (secondary N) is 1. The summed E-state index contributed by atoms with van der Waals surface area (Å²) < 4.78 is 0. The summed E-state index contributed by atoms with van der Waals surface area (Å²) in [6.07, 6.45) is 1.51. The highest BCUT2D eigenvalue weighted by atomic mass is 35.5. The Hall–Kier alpha value is -2.70. The van der Waals surface area contributed by atoms with Crippen LogP contribution >= 0.6 is 22.9 Å². The topological polar surface area (TPSA) is 80.4 Å². The number of halogens is 1. The molecule has 7 heteroatoms. The Morgan fingerprint density at radius 2 is 1.88 bits per heavy atom. The molecule has 5 nitrogen and oxygen atoms in total. The van der Waals surface area contributed by atoms with Gasteiger partial charge in [0.2, 0.25) is 0 Å². The number of aromatic nitrogens is 1. The van der Waals surface area contributed by atoms with E-state index in [0.29, 0.717) is 22.0 Å². The van der Waals surface area contributed by atoms with Gasteiger partial charge in [-0.2, -0.15) is 5.10 Å². The molecule has 1 heterocycles. The molecule has 3 rings (SSSR count). The number of nitrogen functional groups attached to an aromatic ring is 1. The number of amides is 1. The third-order valence-electron chi connectivity index (χ3n) is 3.15. The van der Waals surface area contributed by atoms with E-state index in [1.165, 1.54) is 17.6 Å². The first-order valence-corrected chi connectivity index (χ1v) is 8.28. The monoisotopic (exact) mass is 356 g/mol. The zero-order valence-corrected chi connectivity index (χ0v) is 14.0. The van der Waals surface area contributed by atoms with E-state index >= 15 is 0 Å². The fourth-order valence-corrected chi connectivity index (χ4v) is 2.83. The third kappa shape index (κ3) is 3.98. The van der Waals surface area contributed by atoms with Gasteiger partial charge < -0.3 is 5.73 Å². The summed E-state index contributed by atoms with van der Waals surface area (Å²) in [6.45, 7) is 0. The fourth-order valence-electron chi connectivity index (χ4n) is 1.93. The second kappa shape index (κ2) is 7.25. The molecule has 3 N–H and O–H groups in total. The van der Waals surface area contributed by atoms with Gasteiger partial charge in [-0.3, -0.25) is 4.79 Å². The molecular weight excluding hydrogens is 344 g/mol. The van der Waals surface area contributed by atoms with Crippen LogP contribution in [0.3, 0.4) is 0 Å². The number of benzene rings is 2. The Balaban J connectivity index is 1.64. The van der Waals surface area contributed by atoms with Gasteiger partial charge in [0.15, 0.2) is 0 Å². The molecule has 0 saturated heterocycles. The van der Waals surface area contributed by atoms with Crippen LogP contribution in [0.2, 0.25) is 5.02 Å². The second-order valence-electron chi connectivity index (χ2n) is 4.91. The van der Waals surface area contributed by atoms with Gasteiger partial charge in [-0.05, 0) is 36.4 Å². The second-order valence-corrected chi connectivity index (χ2v) is 6.20. The van der Waals surface area contributed by atoms with Crippen molar-refractivity contribution >= 4 is 40.7 Å². The zero-order chi connectivity index (χ0) is 16.9. The molecule has 0 aliphatic rings. The molecule has 0 aliphatic heterocycles. The van der Waals surface area contributed by atoms with Crippen LogP contribution in [0.4, 0.5) is 5.69 Å². The number of hydrogen-bond acceptors (Lipinski definition) is 5. The molecule has 3 aromatic rings. The number of nitrogens with zero attached hydrogens (tertiary/aromatic N) is 2. The van der Waals surface area contributed by atoms with Gasteiger partial charge in [0.1, 0.15) is 5.01 Å². The summed E-state index contributed by atoms with van der Waals surface area (Å²) in [7, 11) is 0. The number of hydrazone groups is 1. The van der Waals surface area contributed by atoms with Gasteiger partial charge in [0.25, 0.3) is 5.91 Å². The first-order valence-electron chi connectivity index (χ1n) is 7.02. The maximum absolute atomic E-state index is 11.9. The van der Waals surface area contributed by atoms with Gasteiger partial charge in [-0.25, -0.2) is 10.4 Å². The van der Waals surface area contributed by atoms with Crippen molar-refractivity contribution in [3.8, 4) is 10.6 Å². The largest absolute Gasteiger partial charge is 0.399 e. The fraction of sp³-hybridized carbons (Fsp3) is 0. The number of rotatable bonds is 4. The summed E-state index contributed by atoms with van der Waals surface area (Å²) >= 11 is 7.37. The van der Waals surface area contributed by atoms with E-state index in [1.54, 1.807) is 24.3 Å². The van der Waals surface area contributed by atoms with Crippen molar-refractivity contribution in [3.63, 3.8) is 0 Å². The van der Waals surface area contributed by atoms with E-state index in [4.69, 9.17) is 17.3 Å². The van der Waals surface area contributed by atoms with E-state index < -0.39 is 0 Å². The lowest BCUT2D eigenvalue weighted by atomic mass is 10.2. The summed E-state index contributed by atoms with van der Waals surface area (Å²) in [4.78, 5) is 16.4. The Morgan fingerprint density at radius 1 is 1.17 bits per heavy atom. The van der Waals surface area contributed by atoms with E-state index in [-0.39, 0.29) is 5.91 Å². The van der Waals surface area contributed by atoms with E-state index in [1.807, 2.05) is 29.6 Å². The molecule has 0 radical (unpaired) electrons. The summed E-state index contributed by atoms with van der Waals surface area (Å²) in [6, 6.07) is 14.1. The molecule has 0 saturated carbocycles. The Kier molecular flexibility index (Phi) is 4.88. The molecule has 0 fully saturated rings. The van der Waals surface area contributed by atoms with Crippen molar-refractivity contribution in [2.75, 3.05) is 5.73 Å². The Morgan fingerprint density at radius 3 is 2.58 bits per heavy atom. The molecule has 2 aromatic carbocycles. The maximum atomic E-state index is 11.9. The molecule has 0 atom stereocenters. The van der Waals surface area contributed by atoms with Crippen LogP contribution in [-0.4, -0.2) is 17.1 Å². The van der Waals surface area contributed by atoms with Gasteiger partial charge in [0.05, 0.1) is 11.9 Å². The average Bonchev–Trinajstić information content (AvgIpc) is 3.05. The highest BCUT2D eigenvalue weighted by molar-refractivity contribution is 7.13. The predicted octanol–water partition coefficient (Wildman–Crippen LogP) is 3.81. The average molecular weight is 357 g/mol. The molecular formula is C17H13ClN4OS. The zero-order valence-electron chi connectivity index (χ0n) is 12.4. The predicted molar refractivity (Wildman–Crippen MR) is 98.5 cm³/mol. The van der Waals surface area contributed by atoms with Crippen LogP contribution in [-0.2, 0) is 0 Å². The van der Waals surface area contributed by atoms with Crippen LogP contribution in [0, 0.1) is 0 Å². The Labute approximate surface area is 147 Å². The minimum absolute atomic E-state index is 0.306. The van der Waals surface area contributed by atoms with E-state index in [9.17, 15) is 4.79 Å². The lowest BCUT2D eigenvalue weighted by Crippen LogP contribution is -2.17. The highest BCUT2D eigenvalue weighted by Crippen LogP contribution is 2.24. The number of carbonyl (C=O) groups excluding carboxylic acids is 1. The molecule has 1 amide bonds. The van der Waals surface area contributed by atoms with Crippen molar-refractivity contribution in [1.82, 2.24) is 10.4 Å². The number of hydrogen-bond donors (Lipinski definition) is 2. The number of thiazole rings is 1. The van der Waals surface area contributed by atoms with Crippen molar-refractivity contribution in [2.24, 2.45) is 5.10 Å². The molecule has 0 unspecified atom stereocenters. The van der Waals surface area contributed by atoms with Crippen LogP contribution in [0.1, 0.15) is 16.1 Å². The first-order chi connectivity index (χ1) is 11.6. The van der Waals surface area contributed by atoms with Crippen molar-refractivity contribution in [2.45, 2.75) is 0 Å². The molecule has 1 aromatic heterocycles. The third-order valence-corrected chi connectivity index (χ3v) is 4.31. The van der Waals surface area contributed by atoms with Crippen LogP contribution in [0.5, 0.6) is 0 Å². The maximum Gasteiger partial charge on any atom is 0.271 e. The molecule has 24 heavy (non-hydrogen) atoms. The van der Waals surface area contributed by atoms with E-state index in [0.717, 1.165) is 10.6 Å². The summed E-state index contributed by atoms with van der Waals surface area (Å²) in [5.41, 5.74) is 10.8. The smallest absolute Gasteiger partial charge is 0.271 e. The minimum Gasteiger partial charge on any atom is -0.399 e. The number of carbonyl (C=O) groups is 1. The lowest BCUT2D eigenvalue weighted by Gasteiger charge is -1.99. The molecule has 0 bridgehead atoms. The quantitative estimate of drug-likeness (QED) is 0.423. The molecule has 0 aliphatic carbocycles. The summed E-state index contributed by atoms with van der Waals surface area (Å²) in [5, 5.41) is 7.33. The standard InChI is InChI=1S/C17H13ClN4OS/c18-13-5-1-12(2-6-13)17-21-15(10-24-17)9-20-22-16(23)11-3-7-14(19)8-4-11/h1-10H,19H2,(H,22,23)/b20-9-. The lowest BCUT2D eigenvalue weighted by molar-refractivity contribution is 0.0955. The van der Waals surface area contributed by atoms with Gasteiger partial charge in [0, 0.05) is 27.2 Å². The molecule has 0 spiro atoms. The molecule has 120 valence electrons. The minimum atomic E-state index is -0.306. The number of nitrogens with two attached hydrogens (primary N) is 1. The highest BCUT2D eigenvalue weighted by Gasteiger charge is 2.05. The van der Waals surface area contributed by atoms with E-state index in [2.05, 4.69) is 15.5 Å². The SMILES string of the molecule is Nc1ccc(C(=O)N/N=C\c2csc(-c3ccc(Cl)cc3)n2)cc1. The normalized spacial score (nSPS) is 10.9. The number of anilines is 1. The van der Waals surface area contributed by atoms with Crippen molar-refractivity contribution in [1.29, 1.82) is 0 Å². The van der Waals surface area contributed by atoms with Gasteiger partial charge in [-0.1, -0.05) is 23.7 Å². The van der Waals surface area contributed by atoms with Crippen molar-refractivity contribution in [3.05, 3.63) is 70.2 Å². The Bertz CT molecular complexity index is 872.